The van der Waals surface area contributed by atoms with Crippen molar-refractivity contribution in [2.24, 2.45) is 5.92 Å². The SMILES string of the molecule is CCCCCCCCCCCCCCC(=O)O[C@H](COC(=O)CCCCCCCCCCCCC)COP(=O)(O)OC[C@@H](O)COP(=O)(O)OC[C@@H](COC(=O)CCCCCCCCCC)OC(=O)CCCCCCCCC(C)C. The predicted octanol–water partition coefficient (Wildman–Crippen LogP) is 16.6. The van der Waals surface area contributed by atoms with E-state index in [1.165, 1.54) is 122 Å². The highest BCUT2D eigenvalue weighted by molar-refractivity contribution is 7.47. The fourth-order valence-corrected chi connectivity index (χ4v) is 10.6. The summed E-state index contributed by atoms with van der Waals surface area (Å²) >= 11 is 0. The van der Waals surface area contributed by atoms with Crippen LogP contribution in [0.25, 0.3) is 0 Å². The van der Waals surface area contributed by atoms with Crippen LogP contribution in [0.3, 0.4) is 0 Å². The number of carbonyl (C=O) groups is 4. The van der Waals surface area contributed by atoms with Crippen LogP contribution in [0.5, 0.6) is 0 Å². The normalized spacial score (nSPS) is 14.3. The van der Waals surface area contributed by atoms with Gasteiger partial charge >= 0.3 is 39.5 Å². The summed E-state index contributed by atoms with van der Waals surface area (Å²) in [5.74, 6) is -1.47. The molecular weight excluding hydrogens is 1070 g/mol. The second kappa shape index (κ2) is 55.0. The Hall–Kier alpha value is -1.94. The fourth-order valence-electron chi connectivity index (χ4n) is 9.05. The molecule has 0 aromatic carbocycles. The summed E-state index contributed by atoms with van der Waals surface area (Å²) in [5.41, 5.74) is 0. The third-order valence-corrected chi connectivity index (χ3v) is 15.9. The summed E-state index contributed by atoms with van der Waals surface area (Å²) in [4.78, 5) is 72.0. The van der Waals surface area contributed by atoms with Gasteiger partial charge in [0, 0.05) is 25.7 Å². The molecule has 0 saturated carbocycles. The standard InChI is InChI=1S/C61H118O17P2/c1-6-9-12-15-18-21-23-25-27-30-36-41-46-60(65)77-56(50-72-59(64)45-40-35-29-26-24-22-19-16-13-10-7-2)52-75-79(67,68)73-48-55(62)49-74-80(69,70)76-53-57(51-71-58(63)44-39-34-28-20-17-14-11-8-3)78-61(66)47-42-37-32-31-33-38-43-54(4)5/h54-57,62H,6-53H2,1-5H3,(H,67,68)(H,69,70)/t55-,56-,57-/m1/s1. The zero-order chi connectivity index (χ0) is 59.2. The lowest BCUT2D eigenvalue weighted by molar-refractivity contribution is -0.161. The van der Waals surface area contributed by atoms with E-state index in [0.717, 1.165) is 96.3 Å². The molecule has 0 heterocycles. The number of unbranched alkanes of at least 4 members (excludes halogenated alkanes) is 33. The van der Waals surface area contributed by atoms with E-state index in [1.54, 1.807) is 0 Å². The molecule has 0 aliphatic rings. The first-order valence-corrected chi connectivity index (χ1v) is 35.1. The number of rotatable bonds is 61. The molecule has 0 saturated heterocycles. The Kier molecular flexibility index (Phi) is 53.6. The number of phosphoric acid groups is 2. The Bertz CT molecular complexity index is 1570. The molecule has 0 amide bonds. The van der Waals surface area contributed by atoms with Gasteiger partial charge in [-0.1, -0.05) is 253 Å². The molecule has 3 N–H and O–H groups in total. The van der Waals surface area contributed by atoms with E-state index >= 15 is 0 Å². The van der Waals surface area contributed by atoms with Gasteiger partial charge in [0.15, 0.2) is 12.2 Å². The van der Waals surface area contributed by atoms with E-state index in [-0.39, 0.29) is 25.7 Å². The van der Waals surface area contributed by atoms with Crippen LogP contribution >= 0.6 is 15.6 Å². The molecule has 0 bridgehead atoms. The van der Waals surface area contributed by atoms with Crippen molar-refractivity contribution in [2.75, 3.05) is 39.6 Å². The number of esters is 4. The minimum absolute atomic E-state index is 0.102. The van der Waals surface area contributed by atoms with Crippen molar-refractivity contribution in [3.8, 4) is 0 Å². The van der Waals surface area contributed by atoms with Gasteiger partial charge in [0.1, 0.15) is 19.3 Å². The molecule has 80 heavy (non-hydrogen) atoms. The van der Waals surface area contributed by atoms with E-state index in [4.69, 9.17) is 37.0 Å². The third kappa shape index (κ3) is 55.3. The average molecular weight is 1190 g/mol. The molecule has 0 aromatic rings. The van der Waals surface area contributed by atoms with Gasteiger partial charge in [0.05, 0.1) is 26.4 Å². The highest BCUT2D eigenvalue weighted by Gasteiger charge is 2.30. The van der Waals surface area contributed by atoms with Gasteiger partial charge in [0.2, 0.25) is 0 Å². The van der Waals surface area contributed by atoms with Crippen LogP contribution in [0.15, 0.2) is 0 Å². The van der Waals surface area contributed by atoms with E-state index in [0.29, 0.717) is 31.6 Å². The Morgan fingerprint density at radius 2 is 0.575 bits per heavy atom. The van der Waals surface area contributed by atoms with Crippen LogP contribution in [0.4, 0.5) is 0 Å². The summed E-state index contributed by atoms with van der Waals surface area (Å²) in [6.07, 6.45) is 37.7. The van der Waals surface area contributed by atoms with Crippen molar-refractivity contribution in [1.82, 2.24) is 0 Å². The molecule has 5 atom stereocenters. The maximum Gasteiger partial charge on any atom is 0.472 e. The predicted molar refractivity (Wildman–Crippen MR) is 317 cm³/mol. The van der Waals surface area contributed by atoms with E-state index < -0.39 is 97.5 Å². The largest absolute Gasteiger partial charge is 0.472 e. The van der Waals surface area contributed by atoms with Gasteiger partial charge in [-0.15, -0.1) is 0 Å². The maximum absolute atomic E-state index is 12.9. The smallest absolute Gasteiger partial charge is 0.462 e. The average Bonchev–Trinajstić information content (AvgIpc) is 3.42. The van der Waals surface area contributed by atoms with Crippen molar-refractivity contribution in [1.29, 1.82) is 0 Å². The second-order valence-corrected chi connectivity index (χ2v) is 25.5. The summed E-state index contributed by atoms with van der Waals surface area (Å²) in [6.45, 7) is 7.05. The van der Waals surface area contributed by atoms with Gasteiger partial charge in [0.25, 0.3) is 0 Å². The molecule has 0 spiro atoms. The molecule has 0 aromatic heterocycles. The Balaban J connectivity index is 5.22. The van der Waals surface area contributed by atoms with Gasteiger partial charge < -0.3 is 33.8 Å². The lowest BCUT2D eigenvalue weighted by atomic mass is 10.0. The van der Waals surface area contributed by atoms with Crippen LogP contribution in [0.1, 0.15) is 304 Å². The summed E-state index contributed by atoms with van der Waals surface area (Å²) in [6, 6.07) is 0. The molecule has 19 heteroatoms. The quantitative estimate of drug-likeness (QED) is 0.0222. The zero-order valence-electron chi connectivity index (χ0n) is 51.2. The molecule has 2 unspecified atom stereocenters. The highest BCUT2D eigenvalue weighted by Crippen LogP contribution is 2.45. The molecule has 17 nitrogen and oxygen atoms in total. The topological polar surface area (TPSA) is 237 Å². The first-order chi connectivity index (χ1) is 38.5. The van der Waals surface area contributed by atoms with Gasteiger partial charge in [-0.2, -0.15) is 0 Å². The Morgan fingerprint density at radius 1 is 0.338 bits per heavy atom. The third-order valence-electron chi connectivity index (χ3n) is 14.0. The van der Waals surface area contributed by atoms with Crippen molar-refractivity contribution < 1.29 is 80.2 Å². The van der Waals surface area contributed by atoms with E-state index in [1.807, 2.05) is 0 Å². The van der Waals surface area contributed by atoms with Crippen LogP contribution in [0.2, 0.25) is 0 Å². The highest BCUT2D eigenvalue weighted by atomic mass is 31.2. The second-order valence-electron chi connectivity index (χ2n) is 22.6. The van der Waals surface area contributed by atoms with Gasteiger partial charge in [-0.25, -0.2) is 9.13 Å². The van der Waals surface area contributed by atoms with Crippen LogP contribution in [-0.2, 0) is 65.4 Å². The number of aliphatic hydroxyl groups excluding tert-OH is 1. The number of ether oxygens (including phenoxy) is 4. The Morgan fingerprint density at radius 3 is 0.850 bits per heavy atom. The maximum atomic E-state index is 12.9. The van der Waals surface area contributed by atoms with Crippen molar-refractivity contribution in [3.05, 3.63) is 0 Å². The fraction of sp³-hybridized carbons (Fsp3) is 0.934. The van der Waals surface area contributed by atoms with E-state index in [2.05, 4.69) is 34.6 Å². The number of phosphoric ester groups is 2. The van der Waals surface area contributed by atoms with Crippen LogP contribution < -0.4 is 0 Å². The Labute approximate surface area is 486 Å². The number of hydrogen-bond acceptors (Lipinski definition) is 15. The zero-order valence-corrected chi connectivity index (χ0v) is 53.0. The molecule has 0 radical (unpaired) electrons. The lowest BCUT2D eigenvalue weighted by Gasteiger charge is -2.21. The first-order valence-electron chi connectivity index (χ1n) is 32.1. The lowest BCUT2D eigenvalue weighted by Crippen LogP contribution is -2.30. The van der Waals surface area contributed by atoms with Gasteiger partial charge in [-0.05, 0) is 31.6 Å². The molecule has 0 rings (SSSR count). The summed E-state index contributed by atoms with van der Waals surface area (Å²) < 4.78 is 67.8. The molecule has 474 valence electrons. The first kappa shape index (κ1) is 78.1. The number of hydrogen-bond donors (Lipinski definition) is 3. The minimum Gasteiger partial charge on any atom is -0.462 e. The molecular formula is C61H118O17P2. The molecule has 0 aliphatic heterocycles. The summed E-state index contributed by atoms with van der Waals surface area (Å²) in [5, 5.41) is 10.5. The van der Waals surface area contributed by atoms with Crippen LogP contribution in [0, 0.1) is 5.92 Å². The van der Waals surface area contributed by atoms with E-state index in [9.17, 15) is 43.2 Å². The minimum atomic E-state index is -4.94. The van der Waals surface area contributed by atoms with Crippen molar-refractivity contribution >= 4 is 39.5 Å². The number of aliphatic hydroxyl groups is 1. The number of carbonyl (C=O) groups excluding carboxylic acids is 4. The van der Waals surface area contributed by atoms with Crippen molar-refractivity contribution in [3.63, 3.8) is 0 Å². The van der Waals surface area contributed by atoms with Crippen molar-refractivity contribution in [2.45, 2.75) is 323 Å². The summed E-state index contributed by atoms with van der Waals surface area (Å²) in [7, 11) is -9.87. The van der Waals surface area contributed by atoms with Crippen LogP contribution in [-0.4, -0.2) is 96.7 Å². The van der Waals surface area contributed by atoms with Gasteiger partial charge in [-0.3, -0.25) is 37.3 Å². The molecule has 0 fully saturated rings. The monoisotopic (exact) mass is 1180 g/mol. The molecule has 0 aliphatic carbocycles.